The molecule has 3 aromatic heterocycles. The first kappa shape index (κ1) is 30.4. The zero-order chi connectivity index (χ0) is 32.1. The number of piperazine rings is 1. The van der Waals surface area contributed by atoms with Crippen LogP contribution in [-0.2, 0) is 17.8 Å². The van der Waals surface area contributed by atoms with Crippen LogP contribution in [0.5, 0.6) is 5.75 Å². The maximum atomic E-state index is 13.4. The number of carbonyl (C=O) groups is 1. The molecule has 1 aromatic carbocycles. The molecule has 4 aromatic rings. The lowest BCUT2D eigenvalue weighted by Gasteiger charge is -2.37. The minimum atomic E-state index is -4.48. The molecule has 1 amide bonds. The number of benzene rings is 1. The fourth-order valence-electron chi connectivity index (χ4n) is 6.41. The largest absolute Gasteiger partial charge is 0.491 e. The lowest BCUT2D eigenvalue weighted by Crippen LogP contribution is -2.52. The summed E-state index contributed by atoms with van der Waals surface area (Å²) in [5.41, 5.74) is 3.09. The highest BCUT2D eigenvalue weighted by molar-refractivity contribution is 5.86. The number of aromatic nitrogens is 5. The molecule has 7 rings (SSSR count). The van der Waals surface area contributed by atoms with Gasteiger partial charge in [-0.15, -0.1) is 0 Å². The van der Waals surface area contributed by atoms with E-state index in [-0.39, 0.29) is 12.8 Å². The van der Waals surface area contributed by atoms with Crippen LogP contribution in [0, 0.1) is 11.3 Å². The highest BCUT2D eigenvalue weighted by atomic mass is 19.4. The van der Waals surface area contributed by atoms with Gasteiger partial charge in [0.2, 0.25) is 5.91 Å². The Labute approximate surface area is 265 Å². The average Bonchev–Trinajstić information content (AvgIpc) is 3.98. The fraction of sp³-hybridized carbons (Fsp3) is 0.485. The van der Waals surface area contributed by atoms with Gasteiger partial charge < -0.3 is 19.5 Å². The van der Waals surface area contributed by atoms with E-state index in [1.54, 1.807) is 19.6 Å². The minimum absolute atomic E-state index is 0.0998. The number of methoxy groups -OCH3 is 1. The molecule has 13 heteroatoms. The van der Waals surface area contributed by atoms with Gasteiger partial charge in [-0.05, 0) is 61.4 Å². The number of ether oxygens (including phenoxy) is 1. The number of hydrogen-bond acceptors (Lipinski definition) is 8. The molecule has 0 bridgehead atoms. The molecular weight excluding hydrogens is 597 g/mol. The van der Waals surface area contributed by atoms with E-state index in [2.05, 4.69) is 29.7 Å². The zero-order valence-corrected chi connectivity index (χ0v) is 26.0. The molecule has 2 aliphatic carbocycles. The molecule has 242 valence electrons. The van der Waals surface area contributed by atoms with Crippen LogP contribution in [-0.4, -0.2) is 93.7 Å². The van der Waals surface area contributed by atoms with Crippen LogP contribution < -0.4 is 9.64 Å². The number of hydrogen-bond donors (Lipinski definition) is 1. The van der Waals surface area contributed by atoms with Crippen LogP contribution in [0.1, 0.15) is 42.8 Å². The number of H-pyrrole nitrogens is 1. The number of fused-ring (bicyclic) bond motifs is 1. The molecule has 0 spiro atoms. The van der Waals surface area contributed by atoms with Crippen molar-refractivity contribution >= 4 is 22.8 Å². The van der Waals surface area contributed by atoms with Crippen molar-refractivity contribution in [3.05, 3.63) is 59.9 Å². The molecular formula is C33H37F3N8O2. The molecule has 3 fully saturated rings. The van der Waals surface area contributed by atoms with Crippen molar-refractivity contribution < 1.29 is 22.7 Å². The predicted octanol–water partition coefficient (Wildman–Crippen LogP) is 4.85. The third-order valence-electron chi connectivity index (χ3n) is 9.38. The third-order valence-corrected chi connectivity index (χ3v) is 9.38. The van der Waals surface area contributed by atoms with E-state index in [0.29, 0.717) is 50.8 Å². The van der Waals surface area contributed by atoms with Crippen molar-refractivity contribution in [2.45, 2.75) is 44.8 Å². The second kappa shape index (κ2) is 11.8. The van der Waals surface area contributed by atoms with Crippen LogP contribution in [0.2, 0.25) is 0 Å². The molecule has 46 heavy (non-hydrogen) atoms. The summed E-state index contributed by atoms with van der Waals surface area (Å²) in [6.07, 6.45) is 1.68. The Balaban J connectivity index is 1.00. The number of aromatic amines is 1. The van der Waals surface area contributed by atoms with Gasteiger partial charge in [-0.1, -0.05) is 6.07 Å². The van der Waals surface area contributed by atoms with Crippen LogP contribution in [0.15, 0.2) is 42.9 Å². The molecule has 2 saturated carbocycles. The van der Waals surface area contributed by atoms with E-state index < -0.39 is 17.5 Å². The van der Waals surface area contributed by atoms with Crippen LogP contribution >= 0.6 is 0 Å². The van der Waals surface area contributed by atoms with Gasteiger partial charge in [-0.25, -0.2) is 15.0 Å². The molecule has 0 radical (unpaired) electrons. The number of pyridine rings is 1. The van der Waals surface area contributed by atoms with Crippen LogP contribution in [0.25, 0.3) is 22.3 Å². The highest BCUT2D eigenvalue weighted by Crippen LogP contribution is 2.58. The van der Waals surface area contributed by atoms with Gasteiger partial charge in [0.05, 0.1) is 18.1 Å². The van der Waals surface area contributed by atoms with Gasteiger partial charge in [-0.3, -0.25) is 14.7 Å². The number of halogens is 3. The maximum Gasteiger partial charge on any atom is 0.403 e. The Kier molecular flexibility index (Phi) is 7.82. The summed E-state index contributed by atoms with van der Waals surface area (Å²) in [4.78, 5) is 40.1. The van der Waals surface area contributed by atoms with E-state index in [9.17, 15) is 18.0 Å². The van der Waals surface area contributed by atoms with Crippen molar-refractivity contribution in [1.82, 2.24) is 34.7 Å². The summed E-state index contributed by atoms with van der Waals surface area (Å²) in [5, 5.41) is 0. The summed E-state index contributed by atoms with van der Waals surface area (Å²) in [6.45, 7) is 3.22. The first-order valence-electron chi connectivity index (χ1n) is 15.7. The van der Waals surface area contributed by atoms with Gasteiger partial charge in [0.15, 0.2) is 11.6 Å². The molecule has 0 atom stereocenters. The standard InChI is InChI=1S/C33H37F3N8O2/c1-42(18-21-3-4-21)30-29(46-2)28(38-20-39-30)23-5-6-25-26(16-23)41-27(40-25)17-24-15-22(7-10-37-24)19-43-11-13-44(14-12-43)31(45)32(8-9-32)33(34,35)36/h5-7,10,15-16,20-21H,3-4,8-9,11-14,17-19H2,1-2H3,(H,40,41). The lowest BCUT2D eigenvalue weighted by atomic mass is 10.0. The SMILES string of the molecule is COc1c(-c2ccc3nc(Cc4cc(CN5CCN(C(=O)C6(C(F)(F)F)CC6)CC5)ccn4)[nH]c3c2)ncnc1N(C)CC1CC1. The Hall–Kier alpha value is -4.26. The third kappa shape index (κ3) is 6.00. The Morgan fingerprint density at radius 2 is 1.87 bits per heavy atom. The number of alkyl halides is 3. The van der Waals surface area contributed by atoms with Crippen molar-refractivity contribution in [3.8, 4) is 17.0 Å². The second-order valence-electron chi connectivity index (χ2n) is 12.8. The van der Waals surface area contributed by atoms with E-state index in [0.717, 1.165) is 51.7 Å². The summed E-state index contributed by atoms with van der Waals surface area (Å²) in [6, 6.07) is 9.95. The molecule has 4 heterocycles. The van der Waals surface area contributed by atoms with E-state index in [1.165, 1.54) is 17.7 Å². The summed E-state index contributed by atoms with van der Waals surface area (Å²) < 4.78 is 46.1. The fourth-order valence-corrected chi connectivity index (χ4v) is 6.41. The van der Waals surface area contributed by atoms with Crippen LogP contribution in [0.3, 0.4) is 0 Å². The van der Waals surface area contributed by atoms with Gasteiger partial charge in [0.1, 0.15) is 23.3 Å². The molecule has 3 aliphatic rings. The van der Waals surface area contributed by atoms with Crippen molar-refractivity contribution in [2.24, 2.45) is 11.3 Å². The second-order valence-corrected chi connectivity index (χ2v) is 12.8. The number of nitrogens with one attached hydrogen (secondary N) is 1. The number of amides is 1. The first-order chi connectivity index (χ1) is 22.1. The number of rotatable bonds is 10. The molecule has 1 N–H and O–H groups in total. The monoisotopic (exact) mass is 634 g/mol. The van der Waals surface area contributed by atoms with Crippen LogP contribution in [0.4, 0.5) is 19.0 Å². The number of carbonyl (C=O) groups excluding carboxylic acids is 1. The topological polar surface area (TPSA) is 103 Å². The van der Waals surface area contributed by atoms with E-state index in [1.807, 2.05) is 37.4 Å². The predicted molar refractivity (Wildman–Crippen MR) is 166 cm³/mol. The quantitative estimate of drug-likeness (QED) is 0.264. The average molecular weight is 635 g/mol. The van der Waals surface area contributed by atoms with Gasteiger partial charge in [0, 0.05) is 70.2 Å². The molecule has 0 unspecified atom stereocenters. The normalized spacial score (nSPS) is 18.2. The Bertz CT molecular complexity index is 1740. The summed E-state index contributed by atoms with van der Waals surface area (Å²) >= 11 is 0. The van der Waals surface area contributed by atoms with E-state index >= 15 is 0 Å². The summed E-state index contributed by atoms with van der Waals surface area (Å²) in [5.74, 6) is 2.15. The van der Waals surface area contributed by atoms with Gasteiger partial charge in [-0.2, -0.15) is 13.2 Å². The highest BCUT2D eigenvalue weighted by Gasteiger charge is 2.69. The molecule has 1 saturated heterocycles. The van der Waals surface area contributed by atoms with Crippen molar-refractivity contribution in [2.75, 3.05) is 51.8 Å². The number of anilines is 1. The lowest BCUT2D eigenvalue weighted by molar-refractivity contribution is -0.199. The van der Waals surface area contributed by atoms with Crippen molar-refractivity contribution in [1.29, 1.82) is 0 Å². The first-order valence-corrected chi connectivity index (χ1v) is 15.7. The van der Waals surface area contributed by atoms with E-state index in [4.69, 9.17) is 9.72 Å². The summed E-state index contributed by atoms with van der Waals surface area (Å²) in [7, 11) is 3.68. The maximum absolute atomic E-state index is 13.4. The molecule has 1 aliphatic heterocycles. The number of nitrogens with zero attached hydrogens (tertiary/aromatic N) is 7. The minimum Gasteiger partial charge on any atom is -0.491 e. The Morgan fingerprint density at radius 1 is 1.09 bits per heavy atom. The van der Waals surface area contributed by atoms with Gasteiger partial charge >= 0.3 is 6.18 Å². The number of imidazole rings is 1. The zero-order valence-electron chi connectivity index (χ0n) is 26.0. The Morgan fingerprint density at radius 3 is 2.57 bits per heavy atom. The van der Waals surface area contributed by atoms with Crippen molar-refractivity contribution in [3.63, 3.8) is 0 Å². The van der Waals surface area contributed by atoms with Gasteiger partial charge in [0.25, 0.3) is 0 Å². The molecule has 10 nitrogen and oxygen atoms in total. The smallest absolute Gasteiger partial charge is 0.403 e.